The summed E-state index contributed by atoms with van der Waals surface area (Å²) in [4.78, 5) is 12.2. The van der Waals surface area contributed by atoms with Gasteiger partial charge in [0.2, 0.25) is 0 Å². The van der Waals surface area contributed by atoms with Crippen molar-refractivity contribution >= 4 is 33.8 Å². The first-order valence-electron chi connectivity index (χ1n) is 5.83. The second kappa shape index (κ2) is 3.57. The molecule has 0 unspecified atom stereocenters. The summed E-state index contributed by atoms with van der Waals surface area (Å²) in [6, 6.07) is 11.1. The van der Waals surface area contributed by atoms with Gasteiger partial charge < -0.3 is 5.73 Å². The van der Waals surface area contributed by atoms with Crippen LogP contribution in [0, 0.1) is 6.92 Å². The summed E-state index contributed by atoms with van der Waals surface area (Å²) in [5, 5.41) is 4.42. The lowest BCUT2D eigenvalue weighted by Gasteiger charge is -2.04. The van der Waals surface area contributed by atoms with Crippen molar-refractivity contribution in [3.63, 3.8) is 0 Å². The maximum atomic E-state index is 12.2. The molecule has 3 aromatic carbocycles. The van der Waals surface area contributed by atoms with Crippen LogP contribution in [-0.4, -0.2) is 0 Å². The highest BCUT2D eigenvalue weighted by atomic mass is 16.1. The van der Waals surface area contributed by atoms with Crippen LogP contribution in [0.4, 0.5) is 5.69 Å². The van der Waals surface area contributed by atoms with E-state index in [1.165, 1.54) is 0 Å². The second-order valence-electron chi connectivity index (χ2n) is 4.60. The maximum absolute atomic E-state index is 12.2. The van der Waals surface area contributed by atoms with Crippen molar-refractivity contribution in [3.05, 3.63) is 57.4 Å². The molecule has 0 aliphatic carbocycles. The molecule has 0 fully saturated rings. The van der Waals surface area contributed by atoms with E-state index in [0.29, 0.717) is 11.1 Å². The fourth-order valence-corrected chi connectivity index (χ4v) is 2.46. The average molecular weight is 235 g/mol. The highest BCUT2D eigenvalue weighted by Gasteiger charge is 2.07. The summed E-state index contributed by atoms with van der Waals surface area (Å²) in [5.41, 5.74) is 7.60. The Hall–Kier alpha value is -2.35. The molecule has 0 aliphatic rings. The van der Waals surface area contributed by atoms with Crippen molar-refractivity contribution < 1.29 is 0 Å². The number of nitrogen functional groups attached to an aromatic ring is 1. The monoisotopic (exact) mass is 235 g/mol. The van der Waals surface area contributed by atoms with Gasteiger partial charge in [-0.25, -0.2) is 0 Å². The van der Waals surface area contributed by atoms with E-state index in [0.717, 1.165) is 26.9 Å². The Balaban J connectivity index is 2.87. The first-order valence-corrected chi connectivity index (χ1v) is 5.83. The third-order valence-corrected chi connectivity index (χ3v) is 3.49. The van der Waals surface area contributed by atoms with Crippen molar-refractivity contribution in [2.24, 2.45) is 0 Å². The third-order valence-electron chi connectivity index (χ3n) is 3.49. The molecule has 0 radical (unpaired) electrons. The van der Waals surface area contributed by atoms with Gasteiger partial charge in [-0.1, -0.05) is 30.8 Å². The van der Waals surface area contributed by atoms with Crippen LogP contribution in [0.3, 0.4) is 0 Å². The molecular formula is C16H13NO. The number of hydrogen-bond donors (Lipinski definition) is 1. The Bertz CT molecular complexity index is 881. The Morgan fingerprint density at radius 2 is 1.78 bits per heavy atom. The Labute approximate surface area is 104 Å². The van der Waals surface area contributed by atoms with Crippen LogP contribution < -0.4 is 16.4 Å². The SMILES string of the molecule is C=c1c(C)cc(=O)c2cccc3c(N)ccc1c32. The molecule has 3 rings (SSSR count). The molecule has 88 valence electrons. The molecule has 2 N–H and O–H groups in total. The van der Waals surface area contributed by atoms with Gasteiger partial charge in [0.15, 0.2) is 5.43 Å². The summed E-state index contributed by atoms with van der Waals surface area (Å²) in [6.45, 7) is 5.99. The molecule has 0 heterocycles. The average Bonchev–Trinajstić information content (AvgIpc) is 2.45. The van der Waals surface area contributed by atoms with Crippen LogP contribution in [0.5, 0.6) is 0 Å². The molecule has 0 aliphatic heterocycles. The highest BCUT2D eigenvalue weighted by molar-refractivity contribution is 6.13. The lowest BCUT2D eigenvalue weighted by atomic mass is 10.0. The Morgan fingerprint density at radius 3 is 2.56 bits per heavy atom. The standard InChI is InChI=1S/C16H13NO/c1-9-8-15(18)13-5-3-4-12-14(17)7-6-11(10(9)2)16(12)13/h3-8H,2,17H2,1H3. The zero-order valence-corrected chi connectivity index (χ0v) is 10.2. The molecule has 2 heteroatoms. The minimum Gasteiger partial charge on any atom is -0.398 e. The summed E-state index contributed by atoms with van der Waals surface area (Å²) >= 11 is 0. The lowest BCUT2D eigenvalue weighted by Crippen LogP contribution is -2.02. The fourth-order valence-electron chi connectivity index (χ4n) is 2.46. The molecule has 18 heavy (non-hydrogen) atoms. The summed E-state index contributed by atoms with van der Waals surface area (Å²) in [6.07, 6.45) is 0. The van der Waals surface area contributed by atoms with Crippen molar-refractivity contribution in [3.8, 4) is 0 Å². The first-order chi connectivity index (χ1) is 8.59. The zero-order chi connectivity index (χ0) is 12.9. The van der Waals surface area contributed by atoms with Gasteiger partial charge in [-0.05, 0) is 35.2 Å². The number of anilines is 1. The zero-order valence-electron chi connectivity index (χ0n) is 10.2. The largest absolute Gasteiger partial charge is 0.398 e. The summed E-state index contributed by atoms with van der Waals surface area (Å²) in [7, 11) is 0. The van der Waals surface area contributed by atoms with Crippen molar-refractivity contribution in [2.45, 2.75) is 6.92 Å². The van der Waals surface area contributed by atoms with E-state index in [9.17, 15) is 4.79 Å². The molecule has 0 amide bonds. The quantitative estimate of drug-likeness (QED) is 0.608. The number of aryl methyl sites for hydroxylation is 1. The Kier molecular flexibility index (Phi) is 2.14. The lowest BCUT2D eigenvalue weighted by molar-refractivity contribution is 1.46. The van der Waals surface area contributed by atoms with E-state index in [4.69, 9.17) is 5.73 Å². The number of nitrogens with two attached hydrogens (primary N) is 1. The van der Waals surface area contributed by atoms with Gasteiger partial charge >= 0.3 is 0 Å². The number of hydrogen-bond acceptors (Lipinski definition) is 2. The van der Waals surface area contributed by atoms with Gasteiger partial charge in [0, 0.05) is 21.8 Å². The van der Waals surface area contributed by atoms with Crippen LogP contribution in [0.25, 0.3) is 28.1 Å². The third kappa shape index (κ3) is 1.32. The van der Waals surface area contributed by atoms with Crippen LogP contribution in [0.1, 0.15) is 5.56 Å². The van der Waals surface area contributed by atoms with E-state index in [1.807, 2.05) is 37.3 Å². The molecule has 0 spiro atoms. The van der Waals surface area contributed by atoms with Crippen LogP contribution >= 0.6 is 0 Å². The van der Waals surface area contributed by atoms with E-state index >= 15 is 0 Å². The van der Waals surface area contributed by atoms with Crippen LogP contribution in [0.2, 0.25) is 0 Å². The molecular weight excluding hydrogens is 222 g/mol. The van der Waals surface area contributed by atoms with Gasteiger partial charge in [0.25, 0.3) is 0 Å². The van der Waals surface area contributed by atoms with E-state index in [1.54, 1.807) is 6.07 Å². The molecule has 0 aromatic heterocycles. The molecule has 0 atom stereocenters. The topological polar surface area (TPSA) is 43.1 Å². The predicted octanol–water partition coefficient (Wildman–Crippen LogP) is 2.37. The van der Waals surface area contributed by atoms with Gasteiger partial charge in [-0.3, -0.25) is 4.79 Å². The predicted molar refractivity (Wildman–Crippen MR) is 77.6 cm³/mol. The fraction of sp³-hybridized carbons (Fsp3) is 0.0625. The van der Waals surface area contributed by atoms with E-state index < -0.39 is 0 Å². The first kappa shape index (κ1) is 10.8. The van der Waals surface area contributed by atoms with Gasteiger partial charge in [-0.2, -0.15) is 0 Å². The molecule has 0 saturated carbocycles. The van der Waals surface area contributed by atoms with Crippen molar-refractivity contribution in [2.75, 3.05) is 5.73 Å². The van der Waals surface area contributed by atoms with Gasteiger partial charge in [0.1, 0.15) is 0 Å². The Morgan fingerprint density at radius 1 is 1.06 bits per heavy atom. The van der Waals surface area contributed by atoms with Crippen LogP contribution in [0.15, 0.2) is 41.2 Å². The normalized spacial score (nSPS) is 11.2. The maximum Gasteiger partial charge on any atom is 0.186 e. The number of rotatable bonds is 0. The molecule has 0 bridgehead atoms. The highest BCUT2D eigenvalue weighted by Crippen LogP contribution is 2.26. The number of benzene rings is 2. The molecule has 3 aromatic rings. The van der Waals surface area contributed by atoms with E-state index in [2.05, 4.69) is 6.58 Å². The minimum atomic E-state index is 0.0172. The summed E-state index contributed by atoms with van der Waals surface area (Å²) in [5.74, 6) is 0. The van der Waals surface area contributed by atoms with Crippen molar-refractivity contribution in [1.29, 1.82) is 0 Å². The summed E-state index contributed by atoms with van der Waals surface area (Å²) < 4.78 is 0. The minimum absolute atomic E-state index is 0.0172. The molecule has 0 saturated heterocycles. The smallest absolute Gasteiger partial charge is 0.186 e. The second-order valence-corrected chi connectivity index (χ2v) is 4.60. The van der Waals surface area contributed by atoms with Crippen molar-refractivity contribution in [1.82, 2.24) is 0 Å². The van der Waals surface area contributed by atoms with Crippen LogP contribution in [-0.2, 0) is 0 Å². The molecule has 2 nitrogen and oxygen atoms in total. The van der Waals surface area contributed by atoms with Gasteiger partial charge in [0.05, 0.1) is 0 Å². The van der Waals surface area contributed by atoms with E-state index in [-0.39, 0.29) is 5.43 Å². The van der Waals surface area contributed by atoms with Gasteiger partial charge in [-0.15, -0.1) is 0 Å².